The van der Waals surface area contributed by atoms with Gasteiger partial charge in [-0.3, -0.25) is 14.6 Å². The summed E-state index contributed by atoms with van der Waals surface area (Å²) >= 11 is 3.50. The molecule has 1 aliphatic carbocycles. The molecule has 1 unspecified atom stereocenters. The Labute approximate surface area is 203 Å². The van der Waals surface area contributed by atoms with E-state index in [0.29, 0.717) is 34.5 Å². The molecule has 0 bridgehead atoms. The van der Waals surface area contributed by atoms with Crippen molar-refractivity contribution < 1.29 is 14.3 Å². The average molecular weight is 523 g/mol. The van der Waals surface area contributed by atoms with Gasteiger partial charge in [0, 0.05) is 22.7 Å². The minimum atomic E-state index is -1.11. The van der Waals surface area contributed by atoms with Gasteiger partial charge in [0.05, 0.1) is 35.0 Å². The second-order valence-corrected chi connectivity index (χ2v) is 9.47. The molecule has 1 aliphatic rings. The van der Waals surface area contributed by atoms with E-state index in [-0.39, 0.29) is 5.91 Å². The maximum atomic E-state index is 12.8. The molecular formula is C24H23BrN6O3. The summed E-state index contributed by atoms with van der Waals surface area (Å²) in [6.07, 6.45) is 4.42. The third kappa shape index (κ3) is 3.49. The molecule has 9 nitrogen and oxygen atoms in total. The Bertz CT molecular complexity index is 1480. The largest absolute Gasteiger partial charge is 0.468 e. The Kier molecular flexibility index (Phi) is 5.27. The maximum absolute atomic E-state index is 12.8. The predicted octanol–water partition coefficient (Wildman–Crippen LogP) is 3.73. The van der Waals surface area contributed by atoms with Crippen molar-refractivity contribution in [2.24, 2.45) is 5.41 Å². The van der Waals surface area contributed by atoms with Crippen LogP contribution in [-0.2, 0) is 14.3 Å². The van der Waals surface area contributed by atoms with E-state index in [1.165, 1.54) is 7.11 Å². The number of carbonyl (C=O) groups is 2. The van der Waals surface area contributed by atoms with Gasteiger partial charge in [-0.1, -0.05) is 11.6 Å². The van der Waals surface area contributed by atoms with Crippen molar-refractivity contribution in [2.45, 2.75) is 32.7 Å². The summed E-state index contributed by atoms with van der Waals surface area (Å²) in [5.74, 6) is -0.538. The van der Waals surface area contributed by atoms with Crippen molar-refractivity contribution in [3.05, 3.63) is 52.4 Å². The van der Waals surface area contributed by atoms with Crippen molar-refractivity contribution in [3.63, 3.8) is 0 Å². The zero-order valence-electron chi connectivity index (χ0n) is 18.9. The van der Waals surface area contributed by atoms with E-state index < -0.39 is 17.4 Å². The Morgan fingerprint density at radius 1 is 1.26 bits per heavy atom. The van der Waals surface area contributed by atoms with Crippen molar-refractivity contribution >= 4 is 50.2 Å². The molecule has 1 aromatic carbocycles. The summed E-state index contributed by atoms with van der Waals surface area (Å²) in [7, 11) is 1.29. The number of esters is 1. The molecule has 1 fully saturated rings. The average Bonchev–Trinajstić information content (AvgIpc) is 3.53. The van der Waals surface area contributed by atoms with Crippen LogP contribution in [0.5, 0.6) is 0 Å². The zero-order valence-corrected chi connectivity index (χ0v) is 20.5. The number of nitrogen functional groups attached to an aromatic ring is 1. The Morgan fingerprint density at radius 2 is 2.03 bits per heavy atom. The van der Waals surface area contributed by atoms with Crippen molar-refractivity contribution in [1.29, 1.82) is 0 Å². The molecule has 34 heavy (non-hydrogen) atoms. The summed E-state index contributed by atoms with van der Waals surface area (Å²) < 4.78 is 6.89. The summed E-state index contributed by atoms with van der Waals surface area (Å²) in [6, 6.07) is 7.62. The third-order valence-corrected chi connectivity index (χ3v) is 7.13. The summed E-state index contributed by atoms with van der Waals surface area (Å²) in [5, 5.41) is 8.33. The van der Waals surface area contributed by atoms with Gasteiger partial charge in [-0.05, 0) is 60.8 Å². The lowest BCUT2D eigenvalue weighted by atomic mass is 10.1. The lowest BCUT2D eigenvalue weighted by Crippen LogP contribution is -2.39. The van der Waals surface area contributed by atoms with Gasteiger partial charge in [-0.15, -0.1) is 0 Å². The van der Waals surface area contributed by atoms with Crippen LogP contribution < -0.4 is 11.1 Å². The summed E-state index contributed by atoms with van der Waals surface area (Å²) in [6.45, 7) is 3.83. The van der Waals surface area contributed by atoms with E-state index >= 15 is 0 Å². The second kappa shape index (κ2) is 8.05. The number of nitrogens with one attached hydrogen (secondary N) is 1. The van der Waals surface area contributed by atoms with Crippen LogP contribution in [0.25, 0.3) is 27.7 Å². The number of fused-ring (bicyclic) bond motifs is 2. The number of anilines is 1. The minimum absolute atomic E-state index is 0.353. The van der Waals surface area contributed by atoms with Gasteiger partial charge in [0.2, 0.25) is 5.91 Å². The topological polar surface area (TPSA) is 124 Å². The van der Waals surface area contributed by atoms with Gasteiger partial charge in [-0.2, -0.15) is 9.61 Å². The van der Waals surface area contributed by atoms with Gasteiger partial charge < -0.3 is 15.8 Å². The van der Waals surface area contributed by atoms with Gasteiger partial charge in [-0.25, -0.2) is 4.98 Å². The van der Waals surface area contributed by atoms with Gasteiger partial charge in [0.25, 0.3) is 0 Å². The zero-order chi connectivity index (χ0) is 24.2. The number of methoxy groups -OCH3 is 1. The Balaban J connectivity index is 1.54. The molecule has 1 atom stereocenters. The van der Waals surface area contributed by atoms with Crippen LogP contribution in [0, 0.1) is 12.3 Å². The fourth-order valence-corrected chi connectivity index (χ4v) is 4.75. The normalized spacial score (nSPS) is 15.3. The molecule has 3 aromatic heterocycles. The molecule has 3 heterocycles. The Morgan fingerprint density at radius 3 is 2.74 bits per heavy atom. The fourth-order valence-electron chi connectivity index (χ4n) is 4.15. The van der Waals surface area contributed by atoms with Crippen LogP contribution in [0.2, 0.25) is 0 Å². The van der Waals surface area contributed by atoms with Crippen molar-refractivity contribution in [3.8, 4) is 11.1 Å². The van der Waals surface area contributed by atoms with Crippen LogP contribution in [-0.4, -0.2) is 38.6 Å². The number of carbonyl (C=O) groups excluding carboxylic acids is 2. The number of nitrogens with two attached hydrogens (primary N) is 1. The van der Waals surface area contributed by atoms with Crippen molar-refractivity contribution in [1.82, 2.24) is 24.9 Å². The summed E-state index contributed by atoms with van der Waals surface area (Å²) in [5.41, 5.74) is 10.00. The molecule has 4 aromatic rings. The first-order valence-electron chi connectivity index (χ1n) is 10.8. The molecular weight excluding hydrogens is 500 g/mol. The minimum Gasteiger partial charge on any atom is -0.468 e. The first kappa shape index (κ1) is 22.3. The van der Waals surface area contributed by atoms with Crippen LogP contribution in [0.15, 0.2) is 41.1 Å². The standard InChI is InChI=1S/C24H23BrN6O3/c1-12-4-5-17-14(8-12)9-15(10-27-17)16-11-28-31-20(26)18(25)19(30-21(16)31)13(2)29-22(32)24(6-7-24)23(33)34-3/h4-5,8-11,13H,6-7,26H2,1-3H3,(H,29,32). The summed E-state index contributed by atoms with van der Waals surface area (Å²) in [4.78, 5) is 34.3. The number of pyridine rings is 1. The first-order chi connectivity index (χ1) is 16.2. The lowest BCUT2D eigenvalue weighted by molar-refractivity contribution is -0.152. The van der Waals surface area contributed by atoms with Crippen LogP contribution in [0.4, 0.5) is 5.82 Å². The third-order valence-electron chi connectivity index (χ3n) is 6.31. The molecule has 0 aliphatic heterocycles. The highest BCUT2D eigenvalue weighted by molar-refractivity contribution is 9.10. The van der Waals surface area contributed by atoms with E-state index in [4.69, 9.17) is 15.5 Å². The van der Waals surface area contributed by atoms with Crippen LogP contribution in [0.3, 0.4) is 0 Å². The number of nitrogens with zero attached hydrogens (tertiary/aromatic N) is 4. The molecule has 0 spiro atoms. The van der Waals surface area contributed by atoms with Gasteiger partial charge in [0.1, 0.15) is 11.2 Å². The van der Waals surface area contributed by atoms with Gasteiger partial charge in [0.15, 0.2) is 5.65 Å². The first-order valence-corrected chi connectivity index (χ1v) is 11.6. The number of aromatic nitrogens is 4. The molecule has 1 amide bonds. The van der Waals surface area contributed by atoms with Crippen molar-refractivity contribution in [2.75, 3.05) is 12.8 Å². The van der Waals surface area contributed by atoms with E-state index in [2.05, 4.69) is 37.4 Å². The van der Waals surface area contributed by atoms with Crippen LogP contribution >= 0.6 is 15.9 Å². The van der Waals surface area contributed by atoms with E-state index in [1.807, 2.05) is 25.1 Å². The number of hydrogen-bond donors (Lipinski definition) is 2. The second-order valence-electron chi connectivity index (χ2n) is 8.68. The highest BCUT2D eigenvalue weighted by Gasteiger charge is 2.58. The number of aryl methyl sites for hydroxylation is 1. The van der Waals surface area contributed by atoms with E-state index in [9.17, 15) is 9.59 Å². The van der Waals surface area contributed by atoms with Gasteiger partial charge >= 0.3 is 5.97 Å². The fraction of sp³-hybridized carbons (Fsp3) is 0.292. The number of benzene rings is 1. The number of halogens is 1. The monoisotopic (exact) mass is 522 g/mol. The SMILES string of the molecule is COC(=O)C1(C(=O)NC(C)c2nc3c(-c4cnc5ccc(C)cc5c4)cnn3c(N)c2Br)CC1. The molecule has 10 heteroatoms. The molecule has 0 saturated heterocycles. The Hall–Kier alpha value is -3.53. The number of ether oxygens (including phenoxy) is 1. The van der Waals surface area contributed by atoms with E-state index in [1.54, 1.807) is 23.8 Å². The smallest absolute Gasteiger partial charge is 0.321 e. The predicted molar refractivity (Wildman–Crippen MR) is 131 cm³/mol. The highest BCUT2D eigenvalue weighted by atomic mass is 79.9. The number of hydrogen-bond acceptors (Lipinski definition) is 7. The number of amides is 1. The molecule has 3 N–H and O–H groups in total. The molecule has 174 valence electrons. The lowest BCUT2D eigenvalue weighted by Gasteiger charge is -2.19. The van der Waals surface area contributed by atoms with Crippen LogP contribution in [0.1, 0.15) is 37.1 Å². The molecule has 5 rings (SSSR count). The molecule has 0 radical (unpaired) electrons. The maximum Gasteiger partial charge on any atom is 0.321 e. The van der Waals surface area contributed by atoms with E-state index in [0.717, 1.165) is 27.6 Å². The number of rotatable bonds is 5. The highest BCUT2D eigenvalue weighted by Crippen LogP contribution is 2.47. The molecule has 1 saturated carbocycles. The quantitative estimate of drug-likeness (QED) is 0.302.